The van der Waals surface area contributed by atoms with E-state index < -0.39 is 16.0 Å². The van der Waals surface area contributed by atoms with Crippen LogP contribution in [0.25, 0.3) is 0 Å². The van der Waals surface area contributed by atoms with E-state index in [1.165, 1.54) is 25.3 Å². The average Bonchev–Trinajstić information content (AvgIpc) is 3.32. The molecule has 25 heavy (non-hydrogen) atoms. The molecule has 2 N–H and O–H groups in total. The zero-order valence-corrected chi connectivity index (χ0v) is 14.6. The molecule has 1 fully saturated rings. The lowest BCUT2D eigenvalue weighted by Gasteiger charge is -2.13. The molecule has 134 valence electrons. The van der Waals surface area contributed by atoms with Crippen molar-refractivity contribution in [3.8, 4) is 5.75 Å². The van der Waals surface area contributed by atoms with Crippen LogP contribution in [0, 0.1) is 6.92 Å². The first kappa shape index (κ1) is 17.3. The molecule has 9 heteroatoms. The minimum absolute atomic E-state index is 0.128. The molecule has 0 spiro atoms. The maximum atomic E-state index is 12.9. The molecule has 0 atom stereocenters. The number of methoxy groups -OCH3 is 1. The lowest BCUT2D eigenvalue weighted by Crippen LogP contribution is -2.16. The second kappa shape index (κ2) is 6.40. The number of aliphatic carboxylic acids is 1. The Labute approximate surface area is 144 Å². The number of hydrogen-bond donors (Lipinski definition) is 2. The van der Waals surface area contributed by atoms with Crippen molar-refractivity contribution in [3.05, 3.63) is 35.2 Å². The number of ether oxygens (including phenoxy) is 1. The fraction of sp³-hybridized carbons (Fsp3) is 0.375. The van der Waals surface area contributed by atoms with Crippen molar-refractivity contribution in [2.75, 3.05) is 11.8 Å². The van der Waals surface area contributed by atoms with Gasteiger partial charge in [0.2, 0.25) is 0 Å². The van der Waals surface area contributed by atoms with Crippen molar-refractivity contribution in [3.63, 3.8) is 0 Å². The third-order valence-electron chi connectivity index (χ3n) is 3.95. The first-order valence-corrected chi connectivity index (χ1v) is 9.18. The predicted octanol–water partition coefficient (Wildman–Crippen LogP) is 2.30. The Hall–Kier alpha value is -2.55. The Bertz CT molecular complexity index is 915. The molecule has 1 saturated carbocycles. The van der Waals surface area contributed by atoms with Crippen molar-refractivity contribution in [2.24, 2.45) is 0 Å². The summed E-state index contributed by atoms with van der Waals surface area (Å²) in [4.78, 5) is 10.8. The Morgan fingerprint density at radius 2 is 2.16 bits per heavy atom. The van der Waals surface area contributed by atoms with E-state index in [9.17, 15) is 13.2 Å². The molecule has 0 bridgehead atoms. The van der Waals surface area contributed by atoms with Gasteiger partial charge < -0.3 is 14.4 Å². The molecular formula is C16H18N2O6S. The molecule has 1 aliphatic rings. The van der Waals surface area contributed by atoms with E-state index in [1.54, 1.807) is 6.92 Å². The summed E-state index contributed by atoms with van der Waals surface area (Å²) in [6.45, 7) is 1.66. The fourth-order valence-corrected chi connectivity index (χ4v) is 3.89. The maximum Gasteiger partial charge on any atom is 0.307 e. The first-order valence-electron chi connectivity index (χ1n) is 7.69. The van der Waals surface area contributed by atoms with Crippen LogP contribution < -0.4 is 9.46 Å². The van der Waals surface area contributed by atoms with E-state index in [-0.39, 0.29) is 23.0 Å². The zero-order valence-electron chi connectivity index (χ0n) is 13.8. The summed E-state index contributed by atoms with van der Waals surface area (Å²) < 4.78 is 38.6. The lowest BCUT2D eigenvalue weighted by atomic mass is 10.1. The number of nitrogens with zero attached hydrogens (tertiary/aromatic N) is 1. The van der Waals surface area contributed by atoms with E-state index in [0.29, 0.717) is 22.7 Å². The highest BCUT2D eigenvalue weighted by Gasteiger charge is 2.34. The molecule has 3 rings (SSSR count). The zero-order chi connectivity index (χ0) is 18.2. The van der Waals surface area contributed by atoms with Crippen molar-refractivity contribution in [1.82, 2.24) is 5.16 Å². The number of aromatic nitrogens is 1. The Morgan fingerprint density at radius 3 is 2.76 bits per heavy atom. The quantitative estimate of drug-likeness (QED) is 0.771. The molecule has 8 nitrogen and oxygen atoms in total. The topological polar surface area (TPSA) is 119 Å². The number of anilines is 1. The van der Waals surface area contributed by atoms with E-state index in [0.717, 1.165) is 12.8 Å². The number of aryl methyl sites for hydroxylation is 1. The van der Waals surface area contributed by atoms with Gasteiger partial charge in [-0.05, 0) is 37.5 Å². The third kappa shape index (κ3) is 3.60. The van der Waals surface area contributed by atoms with E-state index in [2.05, 4.69) is 9.88 Å². The van der Waals surface area contributed by atoms with Gasteiger partial charge in [0.1, 0.15) is 22.0 Å². The van der Waals surface area contributed by atoms with Gasteiger partial charge in [-0.1, -0.05) is 11.2 Å². The normalized spacial score (nSPS) is 14.3. The highest BCUT2D eigenvalue weighted by molar-refractivity contribution is 7.92. The van der Waals surface area contributed by atoms with Crippen LogP contribution in [-0.2, 0) is 21.2 Å². The van der Waals surface area contributed by atoms with Gasteiger partial charge in [-0.2, -0.15) is 0 Å². The van der Waals surface area contributed by atoms with Gasteiger partial charge >= 0.3 is 5.97 Å². The molecule has 0 unspecified atom stereocenters. The van der Waals surface area contributed by atoms with Gasteiger partial charge in [-0.25, -0.2) is 8.42 Å². The van der Waals surface area contributed by atoms with Crippen LogP contribution in [0.3, 0.4) is 0 Å². The van der Waals surface area contributed by atoms with Gasteiger partial charge in [-0.15, -0.1) is 0 Å². The van der Waals surface area contributed by atoms with Crippen LogP contribution in [0.1, 0.15) is 35.8 Å². The van der Waals surface area contributed by atoms with Crippen molar-refractivity contribution >= 4 is 21.7 Å². The highest BCUT2D eigenvalue weighted by Crippen LogP contribution is 2.45. The molecule has 2 aromatic rings. The summed E-state index contributed by atoms with van der Waals surface area (Å²) >= 11 is 0. The molecule has 0 saturated heterocycles. The van der Waals surface area contributed by atoms with Crippen molar-refractivity contribution < 1.29 is 27.6 Å². The molecular weight excluding hydrogens is 348 g/mol. The standard InChI is InChI=1S/C16H18N2O6S/c1-9-15(16(24-17-9)11-4-5-11)18-25(21,22)13-7-10(8-14(19)20)3-6-12(13)23-2/h3,6-7,11,18H,4-5,8H2,1-2H3,(H,19,20). The van der Waals surface area contributed by atoms with Crippen molar-refractivity contribution in [1.29, 1.82) is 0 Å². The van der Waals surface area contributed by atoms with Gasteiger partial charge in [0, 0.05) is 5.92 Å². The number of sulfonamides is 1. The molecule has 0 amide bonds. The molecule has 0 aliphatic heterocycles. The summed E-state index contributed by atoms with van der Waals surface area (Å²) in [6.07, 6.45) is 1.58. The van der Waals surface area contributed by atoms with Crippen LogP contribution >= 0.6 is 0 Å². The molecule has 1 heterocycles. The third-order valence-corrected chi connectivity index (χ3v) is 5.32. The summed E-state index contributed by atoms with van der Waals surface area (Å²) in [6, 6.07) is 4.26. The highest BCUT2D eigenvalue weighted by atomic mass is 32.2. The van der Waals surface area contributed by atoms with Gasteiger partial charge in [0.25, 0.3) is 10.0 Å². The van der Waals surface area contributed by atoms with Crippen LogP contribution in [-0.4, -0.2) is 31.8 Å². The monoisotopic (exact) mass is 366 g/mol. The van der Waals surface area contributed by atoms with Gasteiger partial charge in [-0.3, -0.25) is 9.52 Å². The fourth-order valence-electron chi connectivity index (χ4n) is 2.54. The SMILES string of the molecule is COc1ccc(CC(=O)O)cc1S(=O)(=O)Nc1c(C)noc1C1CC1. The van der Waals surface area contributed by atoms with Crippen LogP contribution in [0.15, 0.2) is 27.6 Å². The number of hydrogen-bond acceptors (Lipinski definition) is 6. The number of carboxylic acids is 1. The van der Waals surface area contributed by atoms with Crippen LogP contribution in [0.4, 0.5) is 5.69 Å². The van der Waals surface area contributed by atoms with E-state index >= 15 is 0 Å². The second-order valence-electron chi connectivity index (χ2n) is 5.94. The minimum atomic E-state index is -4.00. The van der Waals surface area contributed by atoms with Gasteiger partial charge in [0.15, 0.2) is 5.76 Å². The smallest absolute Gasteiger partial charge is 0.307 e. The average molecular weight is 366 g/mol. The van der Waals surface area contributed by atoms with Crippen LogP contribution in [0.5, 0.6) is 5.75 Å². The molecule has 0 radical (unpaired) electrons. The van der Waals surface area contributed by atoms with E-state index in [4.69, 9.17) is 14.4 Å². The Kier molecular flexibility index (Phi) is 4.42. The number of carbonyl (C=O) groups is 1. The van der Waals surface area contributed by atoms with E-state index in [1.807, 2.05) is 0 Å². The number of carboxylic acid groups (broad SMARTS) is 1. The van der Waals surface area contributed by atoms with Crippen molar-refractivity contribution in [2.45, 2.75) is 37.0 Å². The summed E-state index contributed by atoms with van der Waals surface area (Å²) in [5, 5.41) is 12.8. The maximum absolute atomic E-state index is 12.9. The first-order chi connectivity index (χ1) is 11.8. The Balaban J connectivity index is 1.99. The lowest BCUT2D eigenvalue weighted by molar-refractivity contribution is -0.136. The number of rotatable bonds is 7. The second-order valence-corrected chi connectivity index (χ2v) is 7.59. The number of nitrogens with one attached hydrogen (secondary N) is 1. The summed E-state index contributed by atoms with van der Waals surface area (Å²) in [5.41, 5.74) is 1.15. The summed E-state index contributed by atoms with van der Waals surface area (Å²) in [7, 11) is -2.65. The Morgan fingerprint density at radius 1 is 1.44 bits per heavy atom. The largest absolute Gasteiger partial charge is 0.495 e. The minimum Gasteiger partial charge on any atom is -0.495 e. The molecule has 1 aromatic carbocycles. The van der Waals surface area contributed by atoms with Crippen LogP contribution in [0.2, 0.25) is 0 Å². The number of benzene rings is 1. The summed E-state index contributed by atoms with van der Waals surface area (Å²) in [5.74, 6) is -0.211. The molecule has 1 aliphatic carbocycles. The van der Waals surface area contributed by atoms with Gasteiger partial charge in [0.05, 0.1) is 13.5 Å². The predicted molar refractivity (Wildman–Crippen MR) is 88.4 cm³/mol. The molecule has 1 aromatic heterocycles.